The summed E-state index contributed by atoms with van der Waals surface area (Å²) in [7, 11) is 0. The van der Waals surface area contributed by atoms with Gasteiger partial charge in [0.05, 0.1) is 0 Å². The van der Waals surface area contributed by atoms with Gasteiger partial charge in [-0.3, -0.25) is 10.4 Å². The van der Waals surface area contributed by atoms with Crippen LogP contribution in [0.1, 0.15) is 0 Å². The molecule has 15 heavy (non-hydrogen) atoms. The fourth-order valence-electron chi connectivity index (χ4n) is 0.992. The summed E-state index contributed by atoms with van der Waals surface area (Å²) < 4.78 is -1.98. The average Bonchev–Trinajstić information content (AvgIpc) is 2.22. The zero-order valence-corrected chi connectivity index (χ0v) is 7.40. The van der Waals surface area contributed by atoms with E-state index in [9.17, 15) is 19.6 Å². The van der Waals surface area contributed by atoms with Crippen LogP contribution in [-0.2, 0) is 0 Å². The molecule has 9 heteroatoms. The Bertz CT molecular complexity index is 329. The van der Waals surface area contributed by atoms with Gasteiger partial charge in [0.25, 0.3) is 0 Å². The molecule has 82 valence electrons. The quantitative estimate of drug-likeness (QED) is 0.344. The molecule has 0 spiro atoms. The average molecular weight is 218 g/mol. The number of carbonyl (C=O) groups is 3. The van der Waals surface area contributed by atoms with Crippen LogP contribution in [0.4, 0.5) is 14.4 Å². The summed E-state index contributed by atoms with van der Waals surface area (Å²) >= 11 is 0. The predicted octanol–water partition coefficient (Wildman–Crippen LogP) is 0.134. The van der Waals surface area contributed by atoms with E-state index < -0.39 is 39.4 Å². The molecule has 1 fully saturated rings. The standard InChI is InChI=1S/C6H8N3O6/c1-2-3-9(15)5(11)7(13)4(10)8(14)6(9)12/h2,13-15H,1,3H2/q+1. The number of quaternary nitrogens is 1. The molecule has 6 amide bonds. The van der Waals surface area contributed by atoms with Gasteiger partial charge in [-0.15, -0.1) is 0 Å². The van der Waals surface area contributed by atoms with Crippen LogP contribution in [0.5, 0.6) is 0 Å². The van der Waals surface area contributed by atoms with Crippen LogP contribution in [0.25, 0.3) is 0 Å². The first-order chi connectivity index (χ1) is 6.86. The molecule has 1 saturated heterocycles. The zero-order valence-electron chi connectivity index (χ0n) is 7.40. The Morgan fingerprint density at radius 2 is 1.60 bits per heavy atom. The molecule has 0 unspecified atom stereocenters. The number of hydrogen-bond donors (Lipinski definition) is 3. The van der Waals surface area contributed by atoms with Gasteiger partial charge in [0, 0.05) is 0 Å². The van der Waals surface area contributed by atoms with Crippen molar-refractivity contribution in [3.8, 4) is 0 Å². The smallest absolute Gasteiger partial charge is 0.273 e. The van der Waals surface area contributed by atoms with Crippen LogP contribution >= 0.6 is 0 Å². The van der Waals surface area contributed by atoms with Gasteiger partial charge in [-0.2, -0.15) is 14.8 Å². The van der Waals surface area contributed by atoms with E-state index in [1.807, 2.05) is 0 Å². The second-order valence-electron chi connectivity index (χ2n) is 2.71. The van der Waals surface area contributed by atoms with Crippen molar-refractivity contribution < 1.29 is 34.7 Å². The van der Waals surface area contributed by atoms with Crippen molar-refractivity contribution in [2.24, 2.45) is 0 Å². The molecule has 0 radical (unpaired) electrons. The van der Waals surface area contributed by atoms with Gasteiger partial charge >= 0.3 is 18.1 Å². The summed E-state index contributed by atoms with van der Waals surface area (Å²) in [5.41, 5.74) is 0. The molecule has 0 atom stereocenters. The topological polar surface area (TPSA) is 118 Å². The molecular weight excluding hydrogens is 210 g/mol. The van der Waals surface area contributed by atoms with Gasteiger partial charge < -0.3 is 0 Å². The Kier molecular flexibility index (Phi) is 2.55. The van der Waals surface area contributed by atoms with E-state index in [-0.39, 0.29) is 0 Å². The zero-order chi connectivity index (χ0) is 11.8. The van der Waals surface area contributed by atoms with E-state index in [2.05, 4.69) is 6.58 Å². The lowest BCUT2D eigenvalue weighted by Gasteiger charge is -2.31. The fraction of sp³-hybridized carbons (Fsp3) is 0.167. The van der Waals surface area contributed by atoms with Gasteiger partial charge in [0.2, 0.25) is 0 Å². The second-order valence-corrected chi connectivity index (χ2v) is 2.71. The minimum atomic E-state index is -1.98. The van der Waals surface area contributed by atoms with Crippen molar-refractivity contribution in [3.05, 3.63) is 12.7 Å². The molecule has 0 saturated carbocycles. The van der Waals surface area contributed by atoms with Crippen LogP contribution in [0.2, 0.25) is 0 Å². The Morgan fingerprint density at radius 3 is 1.93 bits per heavy atom. The highest BCUT2D eigenvalue weighted by Crippen LogP contribution is 2.18. The number of nitrogens with zero attached hydrogens (tertiary/aromatic N) is 3. The fourth-order valence-corrected chi connectivity index (χ4v) is 0.992. The van der Waals surface area contributed by atoms with Gasteiger partial charge in [-0.1, -0.05) is 16.7 Å². The largest absolute Gasteiger partial charge is 0.493 e. The maximum atomic E-state index is 11.2. The third-order valence-corrected chi connectivity index (χ3v) is 1.75. The van der Waals surface area contributed by atoms with Crippen LogP contribution in [0.3, 0.4) is 0 Å². The lowest BCUT2D eigenvalue weighted by atomic mass is 10.5. The normalized spacial score (nSPS) is 20.9. The summed E-state index contributed by atoms with van der Waals surface area (Å²) in [6.07, 6.45) is 1.01. The monoisotopic (exact) mass is 218 g/mol. The minimum absolute atomic E-state index is 0.565. The van der Waals surface area contributed by atoms with Crippen molar-refractivity contribution in [2.45, 2.75) is 0 Å². The highest BCUT2D eigenvalue weighted by atomic mass is 16.7. The molecule has 9 nitrogen and oxygen atoms in total. The summed E-state index contributed by atoms with van der Waals surface area (Å²) in [5, 5.41) is 26.1. The molecule has 0 bridgehead atoms. The minimum Gasteiger partial charge on any atom is -0.273 e. The van der Waals surface area contributed by atoms with E-state index >= 15 is 0 Å². The molecule has 0 aliphatic carbocycles. The van der Waals surface area contributed by atoms with Crippen LogP contribution in [0, 0.1) is 0 Å². The second kappa shape index (κ2) is 3.40. The lowest BCUT2D eigenvalue weighted by molar-refractivity contribution is -0.974. The molecule has 0 aromatic rings. The first-order valence-electron chi connectivity index (χ1n) is 3.69. The van der Waals surface area contributed by atoms with Gasteiger partial charge in [-0.05, 0) is 10.7 Å². The molecule has 1 aliphatic rings. The van der Waals surface area contributed by atoms with E-state index in [4.69, 9.17) is 10.4 Å². The highest BCUT2D eigenvalue weighted by Gasteiger charge is 2.59. The number of rotatable bonds is 2. The Balaban J connectivity index is 3.18. The van der Waals surface area contributed by atoms with Crippen LogP contribution in [-0.4, -0.2) is 55.0 Å². The van der Waals surface area contributed by atoms with Crippen molar-refractivity contribution in [1.29, 1.82) is 0 Å². The van der Waals surface area contributed by atoms with Gasteiger partial charge in [0.15, 0.2) is 0 Å². The molecular formula is C6H8N3O6+. The predicted molar refractivity (Wildman–Crippen MR) is 40.5 cm³/mol. The molecule has 1 aliphatic heterocycles. The lowest BCUT2D eigenvalue weighted by Crippen LogP contribution is -2.70. The summed E-state index contributed by atoms with van der Waals surface area (Å²) in [5.74, 6) is 0. The third kappa shape index (κ3) is 1.39. The first-order valence-corrected chi connectivity index (χ1v) is 3.69. The molecule has 0 aromatic carbocycles. The molecule has 0 aromatic heterocycles. The Morgan fingerprint density at radius 1 is 1.20 bits per heavy atom. The summed E-state index contributed by atoms with van der Waals surface area (Å²) in [6, 6.07) is -4.83. The molecule has 1 rings (SSSR count). The SMILES string of the molecule is C=CC[N+]1(O)C(=O)N(O)C(=O)N(O)C1=O. The van der Waals surface area contributed by atoms with Crippen molar-refractivity contribution in [1.82, 2.24) is 10.1 Å². The Hall–Kier alpha value is -1.81. The van der Waals surface area contributed by atoms with Gasteiger partial charge in [-0.25, -0.2) is 4.79 Å². The molecule has 3 N–H and O–H groups in total. The van der Waals surface area contributed by atoms with E-state index in [0.29, 0.717) is 0 Å². The maximum Gasteiger partial charge on any atom is 0.493 e. The Labute approximate surface area is 83.1 Å². The summed E-state index contributed by atoms with van der Waals surface area (Å²) in [4.78, 5) is 33.1. The number of hydroxylamine groups is 7. The van der Waals surface area contributed by atoms with E-state index in [1.54, 1.807) is 0 Å². The third-order valence-electron chi connectivity index (χ3n) is 1.75. The number of urea groups is 3. The van der Waals surface area contributed by atoms with Crippen molar-refractivity contribution >= 4 is 18.1 Å². The summed E-state index contributed by atoms with van der Waals surface area (Å²) in [6.45, 7) is 2.57. The van der Waals surface area contributed by atoms with Gasteiger partial charge in [0.1, 0.15) is 6.54 Å². The highest BCUT2D eigenvalue weighted by molar-refractivity contribution is 6.03. The number of carbonyl (C=O) groups excluding carboxylic acids is 3. The van der Waals surface area contributed by atoms with E-state index in [1.165, 1.54) is 0 Å². The molecule has 1 heterocycles. The maximum absolute atomic E-state index is 11.2. The van der Waals surface area contributed by atoms with Crippen LogP contribution < -0.4 is 0 Å². The number of imide groups is 3. The number of hydrogen-bond acceptors (Lipinski definition) is 6. The van der Waals surface area contributed by atoms with Crippen LogP contribution in [0.15, 0.2) is 12.7 Å². The van der Waals surface area contributed by atoms with Crippen molar-refractivity contribution in [2.75, 3.05) is 6.54 Å². The number of amides is 6. The van der Waals surface area contributed by atoms with E-state index in [0.717, 1.165) is 6.08 Å². The first kappa shape index (κ1) is 11.3. The van der Waals surface area contributed by atoms with Crippen molar-refractivity contribution in [3.63, 3.8) is 0 Å².